The molecule has 110 valence electrons. The zero-order valence-corrected chi connectivity index (χ0v) is 11.5. The van der Waals surface area contributed by atoms with Crippen LogP contribution in [0.15, 0.2) is 36.7 Å². The molecule has 2 aromatic rings. The molecule has 1 amide bonds. The minimum absolute atomic E-state index is 0.130. The van der Waals surface area contributed by atoms with Gasteiger partial charge in [0.1, 0.15) is 12.9 Å². The van der Waals surface area contributed by atoms with Crippen molar-refractivity contribution in [2.24, 2.45) is 0 Å². The van der Waals surface area contributed by atoms with Crippen LogP contribution in [-0.4, -0.2) is 38.7 Å². The summed E-state index contributed by atoms with van der Waals surface area (Å²) in [7, 11) is 0. The fourth-order valence-corrected chi connectivity index (χ4v) is 1.68. The van der Waals surface area contributed by atoms with Crippen LogP contribution in [0.4, 0.5) is 0 Å². The summed E-state index contributed by atoms with van der Waals surface area (Å²) in [6.07, 6.45) is 1.29. The standard InChI is InChI=1S/C13H15N5O3/c1-10(11-5-3-2-4-6-11)15-12(19)8-21-13(20)7-18-9-14-16-17-18/h2-6,9-10H,7-8H2,1H3,(H,15,19)/t10-/m1/s1. The van der Waals surface area contributed by atoms with E-state index in [9.17, 15) is 9.59 Å². The largest absolute Gasteiger partial charge is 0.454 e. The van der Waals surface area contributed by atoms with Gasteiger partial charge >= 0.3 is 5.97 Å². The molecular formula is C13H15N5O3. The summed E-state index contributed by atoms with van der Waals surface area (Å²) < 4.78 is 6.06. The summed E-state index contributed by atoms with van der Waals surface area (Å²) in [6.45, 7) is 1.39. The third-order valence-electron chi connectivity index (χ3n) is 2.72. The molecule has 0 saturated heterocycles. The molecule has 0 spiro atoms. The van der Waals surface area contributed by atoms with E-state index in [1.807, 2.05) is 37.3 Å². The first kappa shape index (κ1) is 14.6. The number of aromatic nitrogens is 4. The van der Waals surface area contributed by atoms with Crippen molar-refractivity contribution in [1.29, 1.82) is 0 Å². The molecule has 0 bridgehead atoms. The number of rotatable bonds is 6. The Morgan fingerprint density at radius 1 is 1.33 bits per heavy atom. The van der Waals surface area contributed by atoms with Gasteiger partial charge < -0.3 is 10.1 Å². The van der Waals surface area contributed by atoms with Crippen molar-refractivity contribution in [3.05, 3.63) is 42.2 Å². The van der Waals surface area contributed by atoms with Gasteiger partial charge in [0.05, 0.1) is 6.04 Å². The molecule has 2 rings (SSSR count). The van der Waals surface area contributed by atoms with Crippen LogP contribution in [0.25, 0.3) is 0 Å². The molecule has 1 heterocycles. The average Bonchev–Trinajstić information content (AvgIpc) is 2.99. The van der Waals surface area contributed by atoms with E-state index in [1.165, 1.54) is 11.0 Å². The van der Waals surface area contributed by atoms with E-state index in [1.54, 1.807) is 0 Å². The Morgan fingerprint density at radius 2 is 2.10 bits per heavy atom. The van der Waals surface area contributed by atoms with Gasteiger partial charge in [0.2, 0.25) is 0 Å². The van der Waals surface area contributed by atoms with Crippen molar-refractivity contribution in [3.63, 3.8) is 0 Å². The lowest BCUT2D eigenvalue weighted by atomic mass is 10.1. The highest BCUT2D eigenvalue weighted by Crippen LogP contribution is 2.10. The maximum absolute atomic E-state index is 11.7. The molecule has 0 unspecified atom stereocenters. The van der Waals surface area contributed by atoms with Gasteiger partial charge in [0.25, 0.3) is 5.91 Å². The van der Waals surface area contributed by atoms with Crippen molar-refractivity contribution in [2.75, 3.05) is 6.61 Å². The predicted molar refractivity (Wildman–Crippen MR) is 71.8 cm³/mol. The zero-order chi connectivity index (χ0) is 15.1. The van der Waals surface area contributed by atoms with Crippen LogP contribution in [0.5, 0.6) is 0 Å². The predicted octanol–water partition coefficient (Wildman–Crippen LogP) is 0.0937. The molecule has 0 aliphatic carbocycles. The van der Waals surface area contributed by atoms with Crippen LogP contribution in [0.2, 0.25) is 0 Å². The number of nitrogens with one attached hydrogen (secondary N) is 1. The number of carbonyl (C=O) groups excluding carboxylic acids is 2. The molecule has 0 radical (unpaired) electrons. The molecular weight excluding hydrogens is 274 g/mol. The number of benzene rings is 1. The lowest BCUT2D eigenvalue weighted by Gasteiger charge is -2.14. The van der Waals surface area contributed by atoms with Gasteiger partial charge in [-0.05, 0) is 22.9 Å². The van der Waals surface area contributed by atoms with Gasteiger partial charge in [-0.3, -0.25) is 9.59 Å². The minimum atomic E-state index is -0.579. The number of carbonyl (C=O) groups is 2. The first-order chi connectivity index (χ1) is 10.1. The summed E-state index contributed by atoms with van der Waals surface area (Å²) in [5.41, 5.74) is 0.978. The first-order valence-electron chi connectivity index (χ1n) is 6.36. The second-order valence-corrected chi connectivity index (χ2v) is 4.37. The smallest absolute Gasteiger partial charge is 0.328 e. The number of hydrogen-bond acceptors (Lipinski definition) is 6. The van der Waals surface area contributed by atoms with Crippen LogP contribution in [0, 0.1) is 0 Å². The SMILES string of the molecule is C[C@@H](NC(=O)COC(=O)Cn1cnnn1)c1ccccc1. The van der Waals surface area contributed by atoms with Gasteiger partial charge in [-0.15, -0.1) is 5.10 Å². The number of hydrogen-bond donors (Lipinski definition) is 1. The van der Waals surface area contributed by atoms with Crippen LogP contribution >= 0.6 is 0 Å². The quantitative estimate of drug-likeness (QED) is 0.757. The number of esters is 1. The Hall–Kier alpha value is -2.77. The van der Waals surface area contributed by atoms with Crippen LogP contribution in [0.1, 0.15) is 18.5 Å². The molecule has 1 N–H and O–H groups in total. The number of ether oxygens (including phenoxy) is 1. The highest BCUT2D eigenvalue weighted by Gasteiger charge is 2.12. The molecule has 1 aromatic carbocycles. The van der Waals surface area contributed by atoms with Crippen molar-refractivity contribution in [1.82, 2.24) is 25.5 Å². The van der Waals surface area contributed by atoms with E-state index in [2.05, 4.69) is 20.8 Å². The van der Waals surface area contributed by atoms with E-state index < -0.39 is 5.97 Å². The summed E-state index contributed by atoms with van der Waals surface area (Å²) in [4.78, 5) is 23.2. The first-order valence-corrected chi connectivity index (χ1v) is 6.36. The Labute approximate surface area is 121 Å². The fraction of sp³-hybridized carbons (Fsp3) is 0.308. The molecule has 0 aliphatic heterocycles. The Bertz CT molecular complexity index is 585. The second kappa shape index (κ2) is 7.13. The third kappa shape index (κ3) is 4.68. The van der Waals surface area contributed by atoms with Gasteiger partial charge in [0, 0.05) is 0 Å². The summed E-state index contributed by atoms with van der Waals surface area (Å²) >= 11 is 0. The van der Waals surface area contributed by atoms with E-state index in [-0.39, 0.29) is 25.1 Å². The van der Waals surface area contributed by atoms with Crippen molar-refractivity contribution >= 4 is 11.9 Å². The van der Waals surface area contributed by atoms with Gasteiger partial charge in [-0.25, -0.2) is 4.68 Å². The average molecular weight is 289 g/mol. The van der Waals surface area contributed by atoms with E-state index in [0.29, 0.717) is 0 Å². The normalized spacial score (nSPS) is 11.7. The lowest BCUT2D eigenvalue weighted by Crippen LogP contribution is -2.31. The topological polar surface area (TPSA) is 99.0 Å². The van der Waals surface area contributed by atoms with E-state index in [0.717, 1.165) is 5.56 Å². The Kier molecular flexibility index (Phi) is 4.97. The Morgan fingerprint density at radius 3 is 2.76 bits per heavy atom. The summed E-state index contributed by atoms with van der Waals surface area (Å²) in [6, 6.07) is 9.35. The zero-order valence-electron chi connectivity index (χ0n) is 11.5. The molecule has 21 heavy (non-hydrogen) atoms. The molecule has 1 atom stereocenters. The molecule has 0 saturated carbocycles. The molecule has 8 nitrogen and oxygen atoms in total. The third-order valence-corrected chi connectivity index (χ3v) is 2.72. The van der Waals surface area contributed by atoms with E-state index >= 15 is 0 Å². The van der Waals surface area contributed by atoms with Crippen LogP contribution in [0.3, 0.4) is 0 Å². The molecule has 0 fully saturated rings. The lowest BCUT2D eigenvalue weighted by molar-refractivity contribution is -0.149. The fourth-order valence-electron chi connectivity index (χ4n) is 1.68. The summed E-state index contributed by atoms with van der Waals surface area (Å²) in [5, 5.41) is 13.1. The number of tetrazole rings is 1. The molecule has 0 aliphatic rings. The maximum atomic E-state index is 11.7. The van der Waals surface area contributed by atoms with Crippen LogP contribution < -0.4 is 5.32 Å². The van der Waals surface area contributed by atoms with Gasteiger partial charge in [0.15, 0.2) is 6.61 Å². The number of amides is 1. The summed E-state index contributed by atoms with van der Waals surface area (Å²) in [5.74, 6) is -0.943. The minimum Gasteiger partial charge on any atom is -0.454 e. The van der Waals surface area contributed by atoms with Gasteiger partial charge in [-0.1, -0.05) is 30.3 Å². The highest BCUT2D eigenvalue weighted by atomic mass is 16.5. The van der Waals surface area contributed by atoms with Crippen molar-refractivity contribution in [3.8, 4) is 0 Å². The van der Waals surface area contributed by atoms with Gasteiger partial charge in [-0.2, -0.15) is 0 Å². The van der Waals surface area contributed by atoms with Crippen molar-refractivity contribution < 1.29 is 14.3 Å². The molecule has 1 aromatic heterocycles. The Balaban J connectivity index is 1.73. The second-order valence-electron chi connectivity index (χ2n) is 4.37. The maximum Gasteiger partial charge on any atom is 0.328 e. The van der Waals surface area contributed by atoms with Crippen LogP contribution in [-0.2, 0) is 20.9 Å². The van der Waals surface area contributed by atoms with Crippen molar-refractivity contribution in [2.45, 2.75) is 19.5 Å². The monoisotopic (exact) mass is 289 g/mol. The molecule has 8 heteroatoms. The number of nitrogens with zero attached hydrogens (tertiary/aromatic N) is 4. The highest BCUT2D eigenvalue weighted by molar-refractivity contribution is 5.80. The van der Waals surface area contributed by atoms with E-state index in [4.69, 9.17) is 4.74 Å².